The first-order valence-corrected chi connectivity index (χ1v) is 9.65. The lowest BCUT2D eigenvalue weighted by molar-refractivity contribution is -0.138. The maximum Gasteiger partial charge on any atom is 0.222 e. The van der Waals surface area contributed by atoms with Gasteiger partial charge in [0.05, 0.1) is 6.61 Å². The molecule has 0 spiro atoms. The summed E-state index contributed by atoms with van der Waals surface area (Å²) in [6.45, 7) is 8.69. The molecule has 0 radical (unpaired) electrons. The zero-order valence-electron chi connectivity index (χ0n) is 14.3. The smallest absolute Gasteiger partial charge is 0.222 e. The number of carbonyl (C=O) groups excluding carboxylic acids is 1. The van der Waals surface area contributed by atoms with Crippen LogP contribution in [-0.4, -0.2) is 85.2 Å². The van der Waals surface area contributed by atoms with E-state index >= 15 is 0 Å². The largest absolute Gasteiger partial charge is 0.381 e. The molecule has 0 aromatic heterocycles. The number of hydrogen-bond donors (Lipinski definition) is 0. The van der Waals surface area contributed by atoms with Crippen molar-refractivity contribution >= 4 is 5.91 Å². The third-order valence-corrected chi connectivity index (χ3v) is 6.37. The molecule has 4 aliphatic rings. The van der Waals surface area contributed by atoms with Crippen LogP contribution >= 0.6 is 0 Å². The number of rotatable bonds is 5. The van der Waals surface area contributed by atoms with Crippen LogP contribution in [0.5, 0.6) is 0 Å². The minimum absolute atomic E-state index is 0.400. The van der Waals surface area contributed by atoms with Gasteiger partial charge in [-0.1, -0.05) is 0 Å². The van der Waals surface area contributed by atoms with Crippen molar-refractivity contribution in [3.05, 3.63) is 0 Å². The van der Waals surface area contributed by atoms with E-state index in [9.17, 15) is 4.79 Å². The van der Waals surface area contributed by atoms with E-state index in [4.69, 9.17) is 4.74 Å². The van der Waals surface area contributed by atoms with E-state index in [1.807, 2.05) is 0 Å². The maximum absolute atomic E-state index is 12.5. The van der Waals surface area contributed by atoms with E-state index in [1.54, 1.807) is 0 Å². The molecule has 1 unspecified atom stereocenters. The van der Waals surface area contributed by atoms with Crippen LogP contribution in [0.25, 0.3) is 0 Å². The fraction of sp³-hybridized carbons (Fsp3) is 0.944. The lowest BCUT2D eigenvalue weighted by atomic mass is 9.95. The van der Waals surface area contributed by atoms with Gasteiger partial charge in [-0.25, -0.2) is 0 Å². The Morgan fingerprint density at radius 3 is 2.65 bits per heavy atom. The molecule has 0 aliphatic carbocycles. The Labute approximate surface area is 139 Å². The van der Waals surface area contributed by atoms with Crippen LogP contribution < -0.4 is 0 Å². The fourth-order valence-electron chi connectivity index (χ4n) is 5.07. The standard InChI is InChI=1S/C18H31N3O2/c22-18-4-3-16-17(21(18)11-10-19-7-1-2-8-19)5-9-20(16)13-15-6-12-23-14-15/h15-17H,1-14H2/t15?,16-,17-/m0/s1. The second-order valence-electron chi connectivity index (χ2n) is 7.82. The van der Waals surface area contributed by atoms with E-state index < -0.39 is 0 Å². The monoisotopic (exact) mass is 321 g/mol. The Hall–Kier alpha value is -0.650. The van der Waals surface area contributed by atoms with Crippen LogP contribution in [0, 0.1) is 5.92 Å². The van der Waals surface area contributed by atoms with Crippen LogP contribution in [-0.2, 0) is 9.53 Å². The van der Waals surface area contributed by atoms with Gasteiger partial charge in [0.1, 0.15) is 0 Å². The number of piperidine rings is 1. The van der Waals surface area contributed by atoms with Gasteiger partial charge < -0.3 is 14.5 Å². The number of carbonyl (C=O) groups is 1. The molecule has 4 aliphatic heterocycles. The number of likely N-dealkylation sites (tertiary alicyclic amines) is 3. The molecule has 4 heterocycles. The van der Waals surface area contributed by atoms with Crippen LogP contribution in [0.15, 0.2) is 0 Å². The van der Waals surface area contributed by atoms with Gasteiger partial charge in [-0.2, -0.15) is 0 Å². The van der Waals surface area contributed by atoms with E-state index in [1.165, 1.54) is 51.9 Å². The van der Waals surface area contributed by atoms with E-state index in [0.717, 1.165) is 39.1 Å². The fourth-order valence-corrected chi connectivity index (χ4v) is 5.07. The van der Waals surface area contributed by atoms with E-state index in [-0.39, 0.29) is 0 Å². The molecule has 5 nitrogen and oxygen atoms in total. The summed E-state index contributed by atoms with van der Waals surface area (Å²) in [4.78, 5) is 19.9. The summed E-state index contributed by atoms with van der Waals surface area (Å²) in [6, 6.07) is 1.08. The lowest BCUT2D eigenvalue weighted by Gasteiger charge is -2.41. The van der Waals surface area contributed by atoms with Gasteiger partial charge in [0, 0.05) is 51.3 Å². The van der Waals surface area contributed by atoms with E-state index in [2.05, 4.69) is 14.7 Å². The summed E-state index contributed by atoms with van der Waals surface area (Å²) >= 11 is 0. The molecule has 3 atom stereocenters. The third kappa shape index (κ3) is 3.42. The van der Waals surface area contributed by atoms with Crippen molar-refractivity contribution in [3.8, 4) is 0 Å². The molecule has 0 bridgehead atoms. The van der Waals surface area contributed by atoms with Gasteiger partial charge in [-0.3, -0.25) is 9.69 Å². The summed E-state index contributed by atoms with van der Waals surface area (Å²) in [5.41, 5.74) is 0. The van der Waals surface area contributed by atoms with Gasteiger partial charge in [-0.15, -0.1) is 0 Å². The predicted molar refractivity (Wildman–Crippen MR) is 89.3 cm³/mol. The Kier molecular flexibility index (Phi) is 4.88. The molecule has 23 heavy (non-hydrogen) atoms. The molecule has 5 heteroatoms. The summed E-state index contributed by atoms with van der Waals surface area (Å²) in [5, 5.41) is 0. The minimum Gasteiger partial charge on any atom is -0.381 e. The Balaban J connectivity index is 1.34. The van der Waals surface area contributed by atoms with Crippen molar-refractivity contribution < 1.29 is 9.53 Å². The molecule has 4 fully saturated rings. The number of amides is 1. The number of fused-ring (bicyclic) bond motifs is 1. The van der Waals surface area contributed by atoms with Gasteiger partial charge >= 0.3 is 0 Å². The normalized spacial score (nSPS) is 36.1. The summed E-state index contributed by atoms with van der Waals surface area (Å²) in [7, 11) is 0. The van der Waals surface area contributed by atoms with Crippen LogP contribution in [0.2, 0.25) is 0 Å². The zero-order chi connectivity index (χ0) is 15.6. The van der Waals surface area contributed by atoms with Crippen molar-refractivity contribution in [2.45, 2.75) is 50.6 Å². The van der Waals surface area contributed by atoms with Gasteiger partial charge in [0.25, 0.3) is 0 Å². The predicted octanol–water partition coefficient (Wildman–Crippen LogP) is 1.18. The SMILES string of the molecule is O=C1CC[C@H]2[C@H](CCN2CC2CCOC2)N1CCN1CCCC1. The zero-order valence-corrected chi connectivity index (χ0v) is 14.3. The van der Waals surface area contributed by atoms with Crippen molar-refractivity contribution in [1.82, 2.24) is 14.7 Å². The second-order valence-corrected chi connectivity index (χ2v) is 7.82. The second kappa shape index (κ2) is 7.08. The quantitative estimate of drug-likeness (QED) is 0.762. The highest BCUT2D eigenvalue weighted by atomic mass is 16.5. The van der Waals surface area contributed by atoms with E-state index in [0.29, 0.717) is 23.9 Å². The van der Waals surface area contributed by atoms with Crippen LogP contribution in [0.4, 0.5) is 0 Å². The Morgan fingerprint density at radius 2 is 1.87 bits per heavy atom. The first kappa shape index (κ1) is 15.9. The highest BCUT2D eigenvalue weighted by molar-refractivity contribution is 5.77. The van der Waals surface area contributed by atoms with Gasteiger partial charge in [0.15, 0.2) is 0 Å². The molecule has 130 valence electrons. The van der Waals surface area contributed by atoms with Crippen molar-refractivity contribution in [2.24, 2.45) is 5.92 Å². The van der Waals surface area contributed by atoms with Crippen molar-refractivity contribution in [1.29, 1.82) is 0 Å². The number of ether oxygens (including phenoxy) is 1. The molecule has 0 aromatic rings. The number of nitrogens with zero attached hydrogens (tertiary/aromatic N) is 3. The highest BCUT2D eigenvalue weighted by Gasteiger charge is 2.43. The third-order valence-electron chi connectivity index (χ3n) is 6.37. The maximum atomic E-state index is 12.5. The lowest BCUT2D eigenvalue weighted by Crippen LogP contribution is -2.54. The summed E-state index contributed by atoms with van der Waals surface area (Å²) in [6.07, 6.45) is 6.86. The Bertz CT molecular complexity index is 418. The number of hydrogen-bond acceptors (Lipinski definition) is 4. The minimum atomic E-state index is 0.400. The average Bonchev–Trinajstić information content (AvgIpc) is 3.29. The highest BCUT2D eigenvalue weighted by Crippen LogP contribution is 2.32. The molecule has 0 saturated carbocycles. The van der Waals surface area contributed by atoms with Gasteiger partial charge in [-0.05, 0) is 51.1 Å². The van der Waals surface area contributed by atoms with Crippen molar-refractivity contribution in [2.75, 3.05) is 52.5 Å². The Morgan fingerprint density at radius 1 is 1.00 bits per heavy atom. The first-order valence-electron chi connectivity index (χ1n) is 9.65. The molecular formula is C18H31N3O2. The summed E-state index contributed by atoms with van der Waals surface area (Å²) < 4.78 is 5.54. The molecule has 0 N–H and O–H groups in total. The van der Waals surface area contributed by atoms with Crippen molar-refractivity contribution in [3.63, 3.8) is 0 Å². The first-order chi connectivity index (χ1) is 11.3. The molecule has 4 rings (SSSR count). The topological polar surface area (TPSA) is 36.0 Å². The van der Waals surface area contributed by atoms with Crippen LogP contribution in [0.3, 0.4) is 0 Å². The summed E-state index contributed by atoms with van der Waals surface area (Å²) in [5.74, 6) is 1.11. The molecular weight excluding hydrogens is 290 g/mol. The molecule has 0 aromatic carbocycles. The average molecular weight is 321 g/mol. The van der Waals surface area contributed by atoms with Gasteiger partial charge in [0.2, 0.25) is 5.91 Å². The van der Waals surface area contributed by atoms with Crippen LogP contribution in [0.1, 0.15) is 38.5 Å². The molecule has 1 amide bonds. The molecule has 4 saturated heterocycles.